The van der Waals surface area contributed by atoms with E-state index in [1.807, 2.05) is 0 Å². The van der Waals surface area contributed by atoms with E-state index in [-0.39, 0.29) is 48.1 Å². The van der Waals surface area contributed by atoms with Gasteiger partial charge >= 0.3 is 18.0 Å². The molecule has 1 heterocycles. The summed E-state index contributed by atoms with van der Waals surface area (Å²) in [6.45, 7) is 4.79. The Morgan fingerprint density at radius 3 is 2.02 bits per heavy atom. The van der Waals surface area contributed by atoms with E-state index in [0.717, 1.165) is 24.3 Å². The summed E-state index contributed by atoms with van der Waals surface area (Å²) in [5, 5.41) is 10.4. The zero-order valence-electron chi connectivity index (χ0n) is 25.6. The Labute approximate surface area is 262 Å². The van der Waals surface area contributed by atoms with Crippen LogP contribution in [0.1, 0.15) is 72.1 Å². The molecular weight excluding hydrogens is 646 g/mol. The average Bonchev–Trinajstić information content (AvgIpc) is 3.37. The van der Waals surface area contributed by atoms with E-state index >= 15 is 4.39 Å². The largest absolute Gasteiger partial charge is 0.435 e. The predicted molar refractivity (Wildman–Crippen MR) is 152 cm³/mol. The standard InChI is InChI=1S/C32H37F8NO4S/c1-27(2,43)20-6-4-19(5-7-20)26(42)41-17-16-29(46(44,45)24-11-9-23(33)10-12-24)25(41)13-8-21-18-22(14-15-28(21,29)3)30(34,31(35,36)37)32(38,39)40/h9-12,14,18-20,25,43H,4-8,13,15-17H2,1-3H3/t19?,20?,25-,28?,29+/m0/s1. The van der Waals surface area contributed by atoms with Crippen LogP contribution in [0.3, 0.4) is 0 Å². The predicted octanol–water partition coefficient (Wildman–Crippen LogP) is 7.41. The average molecular weight is 684 g/mol. The van der Waals surface area contributed by atoms with Gasteiger partial charge in [0.15, 0.2) is 9.84 Å². The summed E-state index contributed by atoms with van der Waals surface area (Å²) in [6, 6.07) is 2.96. The third-order valence-corrected chi connectivity index (χ3v) is 13.9. The Bertz CT molecular complexity index is 1520. The molecule has 1 aromatic carbocycles. The third-order valence-electron chi connectivity index (χ3n) is 11.2. The molecule has 0 bridgehead atoms. The number of benzene rings is 1. The Morgan fingerprint density at radius 1 is 0.935 bits per heavy atom. The molecule has 14 heteroatoms. The van der Waals surface area contributed by atoms with E-state index in [1.165, 1.54) is 11.8 Å². The van der Waals surface area contributed by atoms with Gasteiger partial charge in [-0.2, -0.15) is 26.3 Å². The van der Waals surface area contributed by atoms with Crippen LogP contribution in [0.25, 0.3) is 0 Å². The normalized spacial score (nSPS) is 31.1. The van der Waals surface area contributed by atoms with Crippen LogP contribution in [-0.2, 0) is 14.6 Å². The Kier molecular flexibility index (Phi) is 8.35. The molecule has 1 amide bonds. The maximum Gasteiger partial charge on any atom is 0.435 e. The van der Waals surface area contributed by atoms with Gasteiger partial charge in [-0.3, -0.25) is 4.79 Å². The smallest absolute Gasteiger partial charge is 0.390 e. The summed E-state index contributed by atoms with van der Waals surface area (Å²) in [7, 11) is -4.54. The minimum Gasteiger partial charge on any atom is -0.390 e. The van der Waals surface area contributed by atoms with Gasteiger partial charge in [0.1, 0.15) is 10.6 Å². The van der Waals surface area contributed by atoms with Crippen LogP contribution < -0.4 is 0 Å². The second kappa shape index (κ2) is 11.0. The Balaban J connectivity index is 1.59. The number of sulfone groups is 1. The van der Waals surface area contributed by atoms with Gasteiger partial charge in [0.05, 0.1) is 16.5 Å². The Morgan fingerprint density at radius 2 is 1.50 bits per heavy atom. The summed E-state index contributed by atoms with van der Waals surface area (Å²) >= 11 is 0. The fourth-order valence-corrected chi connectivity index (χ4v) is 11.2. The molecule has 5 rings (SSSR count). The molecule has 1 unspecified atom stereocenters. The van der Waals surface area contributed by atoms with Crippen molar-refractivity contribution in [2.45, 2.75) is 111 Å². The lowest BCUT2D eigenvalue weighted by Gasteiger charge is -2.56. The van der Waals surface area contributed by atoms with Gasteiger partial charge in [-0.15, -0.1) is 0 Å². The van der Waals surface area contributed by atoms with Gasteiger partial charge in [-0.25, -0.2) is 17.2 Å². The second-order valence-electron chi connectivity index (χ2n) is 13.9. The van der Waals surface area contributed by atoms with Crippen LogP contribution in [0.15, 0.2) is 52.5 Å². The molecule has 3 fully saturated rings. The number of carbonyl (C=O) groups is 1. The number of amides is 1. The van der Waals surface area contributed by atoms with Crippen molar-refractivity contribution in [2.75, 3.05) is 6.54 Å². The van der Waals surface area contributed by atoms with Crippen molar-refractivity contribution in [3.05, 3.63) is 53.4 Å². The summed E-state index contributed by atoms with van der Waals surface area (Å²) in [5.74, 6) is -1.52. The number of halogens is 8. The number of rotatable bonds is 5. The highest BCUT2D eigenvalue weighted by atomic mass is 32.2. The van der Waals surface area contributed by atoms with E-state index in [2.05, 4.69) is 0 Å². The van der Waals surface area contributed by atoms with Gasteiger partial charge < -0.3 is 10.0 Å². The zero-order chi connectivity index (χ0) is 34.3. The van der Waals surface area contributed by atoms with Crippen LogP contribution in [-0.4, -0.2) is 65.3 Å². The molecule has 0 spiro atoms. The first-order valence-corrected chi connectivity index (χ1v) is 16.8. The molecule has 1 aliphatic heterocycles. The maximum atomic E-state index is 15.2. The molecule has 1 aromatic rings. The quantitative estimate of drug-likeness (QED) is 0.259. The van der Waals surface area contributed by atoms with Crippen LogP contribution in [0.4, 0.5) is 35.1 Å². The number of likely N-dealkylation sites (tertiary alicyclic amines) is 1. The van der Waals surface area contributed by atoms with Crippen LogP contribution in [0.2, 0.25) is 0 Å². The maximum absolute atomic E-state index is 15.2. The SMILES string of the molecule is CC(C)(O)C1CCC(C(=O)N2CC[C@@]3(S(=O)(=O)c4ccc(F)cc4)[C@@H]2CCC2=CC(C(F)(C(F)(F)F)C(F)(F)F)=CCC23C)CC1. The fourth-order valence-electron chi connectivity index (χ4n) is 8.54. The van der Waals surface area contributed by atoms with Gasteiger partial charge in [-0.05, 0) is 95.4 Å². The minimum atomic E-state index is -6.34. The van der Waals surface area contributed by atoms with E-state index in [1.54, 1.807) is 13.8 Å². The molecule has 46 heavy (non-hydrogen) atoms. The van der Waals surface area contributed by atoms with E-state index in [0.29, 0.717) is 37.8 Å². The van der Waals surface area contributed by atoms with Crippen molar-refractivity contribution in [3.63, 3.8) is 0 Å². The lowest BCUT2D eigenvalue weighted by Crippen LogP contribution is -2.64. The van der Waals surface area contributed by atoms with Crippen molar-refractivity contribution in [2.24, 2.45) is 17.3 Å². The van der Waals surface area contributed by atoms with Crippen molar-refractivity contribution < 1.29 is 53.4 Å². The highest BCUT2D eigenvalue weighted by Crippen LogP contribution is 2.64. The summed E-state index contributed by atoms with van der Waals surface area (Å²) in [4.78, 5) is 15.2. The summed E-state index contributed by atoms with van der Waals surface area (Å²) < 4.78 is 139. The monoisotopic (exact) mass is 683 g/mol. The lowest BCUT2D eigenvalue weighted by molar-refractivity contribution is -0.325. The molecular formula is C32H37F8NO4S. The second-order valence-corrected chi connectivity index (χ2v) is 16.1. The van der Waals surface area contributed by atoms with Crippen molar-refractivity contribution in [1.82, 2.24) is 4.90 Å². The summed E-state index contributed by atoms with van der Waals surface area (Å²) in [5.41, 5.74) is -9.97. The molecule has 1 saturated heterocycles. The first kappa shape index (κ1) is 34.8. The molecule has 0 radical (unpaired) electrons. The molecule has 0 aromatic heterocycles. The number of aliphatic hydroxyl groups is 1. The zero-order valence-corrected chi connectivity index (χ0v) is 26.4. The highest BCUT2D eigenvalue weighted by molar-refractivity contribution is 7.93. The lowest BCUT2D eigenvalue weighted by atomic mass is 9.57. The van der Waals surface area contributed by atoms with Crippen molar-refractivity contribution >= 4 is 15.7 Å². The van der Waals surface area contributed by atoms with Crippen LogP contribution in [0, 0.1) is 23.1 Å². The fraction of sp³-hybridized carbons (Fsp3) is 0.656. The number of carbonyl (C=O) groups excluding carboxylic acids is 1. The topological polar surface area (TPSA) is 74.7 Å². The van der Waals surface area contributed by atoms with Crippen LogP contribution >= 0.6 is 0 Å². The van der Waals surface area contributed by atoms with E-state index in [4.69, 9.17) is 0 Å². The van der Waals surface area contributed by atoms with E-state index in [9.17, 15) is 49.1 Å². The minimum absolute atomic E-state index is 0.0337. The molecule has 5 nitrogen and oxygen atoms in total. The van der Waals surface area contributed by atoms with Crippen molar-refractivity contribution in [1.29, 1.82) is 0 Å². The van der Waals surface area contributed by atoms with Gasteiger partial charge in [-0.1, -0.05) is 24.6 Å². The molecule has 2 saturated carbocycles. The molecule has 256 valence electrons. The number of alkyl halides is 7. The molecule has 4 aliphatic rings. The first-order valence-electron chi connectivity index (χ1n) is 15.3. The number of allylic oxidation sites excluding steroid dienone is 4. The number of fused-ring (bicyclic) bond motifs is 3. The van der Waals surface area contributed by atoms with Gasteiger partial charge in [0, 0.05) is 23.5 Å². The first-order chi connectivity index (χ1) is 21.0. The number of nitrogens with zero attached hydrogens (tertiary/aromatic N) is 1. The molecule has 1 N–H and O–H groups in total. The van der Waals surface area contributed by atoms with Crippen LogP contribution in [0.5, 0.6) is 0 Å². The summed E-state index contributed by atoms with van der Waals surface area (Å²) in [6.07, 6.45) is -10.7. The third kappa shape index (κ3) is 5.02. The van der Waals surface area contributed by atoms with E-state index < -0.39 is 73.4 Å². The number of hydrogen-bond acceptors (Lipinski definition) is 4. The van der Waals surface area contributed by atoms with Gasteiger partial charge in [0.2, 0.25) is 5.91 Å². The molecule has 3 atom stereocenters. The highest BCUT2D eigenvalue weighted by Gasteiger charge is 2.75. The van der Waals surface area contributed by atoms with Crippen molar-refractivity contribution in [3.8, 4) is 0 Å². The Hall–Kier alpha value is -2.48. The number of hydrogen-bond donors (Lipinski definition) is 1. The molecule has 3 aliphatic carbocycles. The van der Waals surface area contributed by atoms with Gasteiger partial charge in [0.25, 0.3) is 0 Å².